The van der Waals surface area contributed by atoms with Crippen molar-refractivity contribution in [3.63, 3.8) is 0 Å². The Morgan fingerprint density at radius 2 is 2.06 bits per heavy atom. The van der Waals surface area contributed by atoms with Crippen LogP contribution in [0.5, 0.6) is 5.75 Å². The van der Waals surface area contributed by atoms with Crippen LogP contribution in [0, 0.1) is 0 Å². The molecule has 0 aliphatic rings. The lowest BCUT2D eigenvalue weighted by Crippen LogP contribution is -2.20. The van der Waals surface area contributed by atoms with Gasteiger partial charge in [0.15, 0.2) is 0 Å². The highest BCUT2D eigenvalue weighted by Crippen LogP contribution is 2.33. The normalized spacial score (nSPS) is 13.6. The zero-order valence-corrected chi connectivity index (χ0v) is 10.1. The number of rotatable bonds is 3. The summed E-state index contributed by atoms with van der Waals surface area (Å²) in [5.74, 6) is 0.361. The van der Waals surface area contributed by atoms with Crippen LogP contribution in [0.3, 0.4) is 0 Å². The van der Waals surface area contributed by atoms with Gasteiger partial charge < -0.3 is 10.5 Å². The summed E-state index contributed by atoms with van der Waals surface area (Å²) in [5.41, 5.74) is 5.85. The molecule has 0 saturated heterocycles. The molecule has 6 heteroatoms. The molecule has 0 unspecified atom stereocenters. The number of alkyl halides is 3. The lowest BCUT2D eigenvalue weighted by Gasteiger charge is -2.17. The monoisotopic (exact) mass is 297 g/mol. The van der Waals surface area contributed by atoms with Crippen LogP contribution in [-0.2, 0) is 0 Å². The van der Waals surface area contributed by atoms with E-state index < -0.39 is 18.6 Å². The first-order valence-corrected chi connectivity index (χ1v) is 5.28. The second kappa shape index (κ2) is 5.05. The molecule has 1 rings (SSSR count). The molecule has 0 aliphatic heterocycles. The zero-order valence-electron chi connectivity index (χ0n) is 8.51. The summed E-state index contributed by atoms with van der Waals surface area (Å²) in [6.07, 6.45) is -5.35. The third kappa shape index (κ3) is 3.68. The lowest BCUT2D eigenvalue weighted by molar-refractivity contribution is -0.138. The van der Waals surface area contributed by atoms with Crippen molar-refractivity contribution in [1.29, 1.82) is 0 Å². The van der Waals surface area contributed by atoms with Gasteiger partial charge in [-0.15, -0.1) is 0 Å². The van der Waals surface area contributed by atoms with Crippen molar-refractivity contribution in [3.8, 4) is 5.75 Å². The Morgan fingerprint density at radius 3 is 2.56 bits per heavy atom. The van der Waals surface area contributed by atoms with Gasteiger partial charge in [-0.25, -0.2) is 0 Å². The molecular formula is C10H11BrF3NO. The summed E-state index contributed by atoms with van der Waals surface area (Å²) in [6.45, 7) is 0. The van der Waals surface area contributed by atoms with E-state index in [1.807, 2.05) is 0 Å². The fraction of sp³-hybridized carbons (Fsp3) is 0.400. The minimum atomic E-state index is -4.28. The number of hydrogen-bond donors (Lipinski definition) is 1. The van der Waals surface area contributed by atoms with E-state index in [0.29, 0.717) is 15.8 Å². The fourth-order valence-corrected chi connectivity index (χ4v) is 1.73. The van der Waals surface area contributed by atoms with Crippen LogP contribution in [0.1, 0.15) is 18.0 Å². The first kappa shape index (κ1) is 13.3. The Morgan fingerprint density at radius 1 is 1.44 bits per heavy atom. The molecule has 0 spiro atoms. The summed E-state index contributed by atoms with van der Waals surface area (Å²) >= 11 is 3.18. The van der Waals surface area contributed by atoms with Gasteiger partial charge in [-0.3, -0.25) is 0 Å². The summed E-state index contributed by atoms with van der Waals surface area (Å²) < 4.78 is 42.2. The topological polar surface area (TPSA) is 35.2 Å². The van der Waals surface area contributed by atoms with E-state index in [1.165, 1.54) is 13.2 Å². The molecule has 0 heterocycles. The maximum Gasteiger partial charge on any atom is 0.390 e. The van der Waals surface area contributed by atoms with Crippen LogP contribution in [0.25, 0.3) is 0 Å². The fourth-order valence-electron chi connectivity index (χ4n) is 1.35. The van der Waals surface area contributed by atoms with Crippen molar-refractivity contribution in [2.24, 2.45) is 5.73 Å². The van der Waals surface area contributed by atoms with Crippen molar-refractivity contribution in [2.45, 2.75) is 18.6 Å². The number of halogens is 4. The molecule has 0 saturated carbocycles. The predicted molar refractivity (Wildman–Crippen MR) is 58.3 cm³/mol. The number of nitrogens with two attached hydrogens (primary N) is 1. The summed E-state index contributed by atoms with van der Waals surface area (Å²) in [7, 11) is 1.40. The molecule has 1 atom stereocenters. The minimum Gasteiger partial charge on any atom is -0.496 e. The van der Waals surface area contributed by atoms with Gasteiger partial charge in [-0.2, -0.15) is 13.2 Å². The van der Waals surface area contributed by atoms with Crippen LogP contribution in [-0.4, -0.2) is 13.3 Å². The first-order chi connectivity index (χ1) is 7.33. The molecule has 0 radical (unpaired) electrons. The summed E-state index contributed by atoms with van der Waals surface area (Å²) in [6, 6.07) is 3.68. The van der Waals surface area contributed by atoms with Crippen molar-refractivity contribution >= 4 is 15.9 Å². The van der Waals surface area contributed by atoms with Crippen LogP contribution < -0.4 is 10.5 Å². The van der Waals surface area contributed by atoms with Gasteiger partial charge in [-0.1, -0.05) is 15.9 Å². The third-order valence-electron chi connectivity index (χ3n) is 2.04. The highest BCUT2D eigenvalue weighted by molar-refractivity contribution is 9.10. The number of methoxy groups -OCH3 is 1. The van der Waals surface area contributed by atoms with Crippen molar-refractivity contribution in [3.05, 3.63) is 28.2 Å². The lowest BCUT2D eigenvalue weighted by atomic mass is 10.0. The Hall–Kier alpha value is -0.750. The second-order valence-electron chi connectivity index (χ2n) is 3.31. The molecule has 90 valence electrons. The van der Waals surface area contributed by atoms with Gasteiger partial charge in [0.2, 0.25) is 0 Å². The van der Waals surface area contributed by atoms with Crippen molar-refractivity contribution in [1.82, 2.24) is 0 Å². The molecule has 0 aliphatic carbocycles. The van der Waals surface area contributed by atoms with E-state index in [9.17, 15) is 13.2 Å². The number of hydrogen-bond acceptors (Lipinski definition) is 2. The van der Waals surface area contributed by atoms with E-state index in [2.05, 4.69) is 15.9 Å². The molecule has 0 fully saturated rings. The van der Waals surface area contributed by atoms with E-state index in [4.69, 9.17) is 10.5 Å². The third-order valence-corrected chi connectivity index (χ3v) is 2.54. The minimum absolute atomic E-state index is 0.342. The number of ether oxygens (including phenoxy) is 1. The Balaban J connectivity index is 2.97. The SMILES string of the molecule is COc1ccc(Br)cc1[C@H](N)CC(F)(F)F. The van der Waals surface area contributed by atoms with Crippen molar-refractivity contribution < 1.29 is 17.9 Å². The van der Waals surface area contributed by atoms with Gasteiger partial charge in [0.1, 0.15) is 5.75 Å². The van der Waals surface area contributed by atoms with E-state index >= 15 is 0 Å². The van der Waals surface area contributed by atoms with Gasteiger partial charge in [0.05, 0.1) is 13.5 Å². The average molecular weight is 298 g/mol. The predicted octanol–water partition coefficient (Wildman–Crippen LogP) is 3.41. The van der Waals surface area contributed by atoms with Crippen molar-refractivity contribution in [2.75, 3.05) is 7.11 Å². The highest BCUT2D eigenvalue weighted by atomic mass is 79.9. The molecule has 16 heavy (non-hydrogen) atoms. The average Bonchev–Trinajstić information content (AvgIpc) is 2.15. The molecule has 2 nitrogen and oxygen atoms in total. The standard InChI is InChI=1S/C10H11BrF3NO/c1-16-9-3-2-6(11)4-7(9)8(15)5-10(12,13)14/h2-4,8H,5,15H2,1H3/t8-/m1/s1. The van der Waals surface area contributed by atoms with E-state index in [1.54, 1.807) is 12.1 Å². The second-order valence-corrected chi connectivity index (χ2v) is 4.23. The van der Waals surface area contributed by atoms with Crippen LogP contribution in [0.2, 0.25) is 0 Å². The summed E-state index contributed by atoms with van der Waals surface area (Å²) in [5, 5.41) is 0. The van der Waals surface area contributed by atoms with E-state index in [0.717, 1.165) is 0 Å². The van der Waals surface area contributed by atoms with Crippen LogP contribution >= 0.6 is 15.9 Å². The molecule has 1 aromatic rings. The zero-order chi connectivity index (χ0) is 12.3. The summed E-state index contributed by atoms with van der Waals surface area (Å²) in [4.78, 5) is 0. The molecule has 2 N–H and O–H groups in total. The van der Waals surface area contributed by atoms with Gasteiger partial charge in [0.25, 0.3) is 0 Å². The first-order valence-electron chi connectivity index (χ1n) is 4.49. The quantitative estimate of drug-likeness (QED) is 0.928. The molecule has 0 aromatic heterocycles. The largest absolute Gasteiger partial charge is 0.496 e. The van der Waals surface area contributed by atoms with Crippen LogP contribution in [0.15, 0.2) is 22.7 Å². The molecule has 0 bridgehead atoms. The smallest absolute Gasteiger partial charge is 0.390 e. The molecular weight excluding hydrogens is 287 g/mol. The van der Waals surface area contributed by atoms with Gasteiger partial charge >= 0.3 is 6.18 Å². The maximum absolute atomic E-state index is 12.2. The maximum atomic E-state index is 12.2. The van der Waals surface area contributed by atoms with Gasteiger partial charge in [-0.05, 0) is 18.2 Å². The molecule has 0 amide bonds. The Kier molecular flexibility index (Phi) is 4.21. The Bertz CT molecular complexity index is 368. The Labute approximate surface area is 99.7 Å². The molecule has 1 aromatic carbocycles. The highest BCUT2D eigenvalue weighted by Gasteiger charge is 2.32. The number of benzene rings is 1. The van der Waals surface area contributed by atoms with Crippen LogP contribution in [0.4, 0.5) is 13.2 Å². The van der Waals surface area contributed by atoms with E-state index in [-0.39, 0.29) is 0 Å². The van der Waals surface area contributed by atoms with Gasteiger partial charge in [0, 0.05) is 16.1 Å².